The van der Waals surface area contributed by atoms with Crippen molar-refractivity contribution in [2.24, 2.45) is 0 Å². The molecule has 3 aromatic carbocycles. The molecule has 33 heavy (non-hydrogen) atoms. The SMILES string of the molecule is COc1ccc(-c2c(N)n(-c3cc(OC)cc(OC)c3)c(=O)c3cc([NH+]([O-])O)ccc23)cc1. The zero-order chi connectivity index (χ0) is 23.7. The lowest BCUT2D eigenvalue weighted by molar-refractivity contribution is -0.991. The number of nitrogens with two attached hydrogens (primary N) is 1. The lowest BCUT2D eigenvalue weighted by Crippen LogP contribution is -2.99. The van der Waals surface area contributed by atoms with Crippen molar-refractivity contribution in [3.05, 3.63) is 76.2 Å². The van der Waals surface area contributed by atoms with Crippen molar-refractivity contribution >= 4 is 22.3 Å². The molecule has 4 rings (SSSR count). The molecule has 4 N–H and O–H groups in total. The Bertz CT molecular complexity index is 1360. The number of methoxy groups -OCH3 is 3. The van der Waals surface area contributed by atoms with Crippen molar-refractivity contribution in [2.45, 2.75) is 0 Å². The molecule has 1 atom stereocenters. The number of hydrogen-bond donors (Lipinski definition) is 3. The van der Waals surface area contributed by atoms with Gasteiger partial charge in [-0.3, -0.25) is 9.36 Å². The van der Waals surface area contributed by atoms with Crippen LogP contribution >= 0.6 is 0 Å². The van der Waals surface area contributed by atoms with E-state index in [0.717, 1.165) is 5.56 Å². The first-order chi connectivity index (χ1) is 15.9. The standard InChI is InChI=1S/C24H23N3O6/c1-31-17-7-4-14(5-8-17)22-20-9-6-15(27(29)30)12-21(20)24(28)26(23(22)25)16-10-18(32-2)13-19(11-16)33-3/h4-13,27,29H,25H2,1-3H3. The maximum atomic E-state index is 13.6. The second-order valence-electron chi connectivity index (χ2n) is 7.27. The largest absolute Gasteiger partial charge is 0.595 e. The summed E-state index contributed by atoms with van der Waals surface area (Å²) in [6.07, 6.45) is 0. The molecule has 1 aromatic heterocycles. The van der Waals surface area contributed by atoms with Gasteiger partial charge in [-0.1, -0.05) is 12.1 Å². The topological polar surface area (TPSA) is 123 Å². The Morgan fingerprint density at radius 3 is 2.00 bits per heavy atom. The molecule has 170 valence electrons. The van der Waals surface area contributed by atoms with E-state index in [1.165, 1.54) is 30.9 Å². The van der Waals surface area contributed by atoms with Gasteiger partial charge in [0.1, 0.15) is 23.1 Å². The van der Waals surface area contributed by atoms with Gasteiger partial charge in [0.2, 0.25) is 0 Å². The molecule has 0 aliphatic heterocycles. The number of rotatable bonds is 6. The molecule has 0 bridgehead atoms. The minimum absolute atomic E-state index is 0.000162. The van der Waals surface area contributed by atoms with Crippen LogP contribution in [0.4, 0.5) is 11.5 Å². The Kier molecular flexibility index (Phi) is 5.93. The van der Waals surface area contributed by atoms with Crippen LogP contribution in [-0.4, -0.2) is 31.1 Å². The third-order valence-electron chi connectivity index (χ3n) is 5.44. The van der Waals surface area contributed by atoms with Gasteiger partial charge in [0.05, 0.1) is 32.4 Å². The predicted octanol–water partition coefficient (Wildman–Crippen LogP) is 2.67. The van der Waals surface area contributed by atoms with E-state index in [-0.39, 0.29) is 16.9 Å². The molecule has 9 nitrogen and oxygen atoms in total. The highest BCUT2D eigenvalue weighted by Crippen LogP contribution is 2.36. The fourth-order valence-electron chi connectivity index (χ4n) is 3.79. The highest BCUT2D eigenvalue weighted by atomic mass is 16.8. The second-order valence-corrected chi connectivity index (χ2v) is 7.27. The van der Waals surface area contributed by atoms with Crippen molar-refractivity contribution in [3.8, 4) is 34.1 Å². The van der Waals surface area contributed by atoms with Gasteiger partial charge in [0, 0.05) is 35.9 Å². The first-order valence-corrected chi connectivity index (χ1v) is 9.97. The summed E-state index contributed by atoms with van der Waals surface area (Å²) in [5.74, 6) is 1.80. The van der Waals surface area contributed by atoms with E-state index in [1.54, 1.807) is 43.5 Å². The monoisotopic (exact) mass is 449 g/mol. The van der Waals surface area contributed by atoms with Gasteiger partial charge >= 0.3 is 0 Å². The number of nitrogens with zero attached hydrogens (tertiary/aromatic N) is 1. The zero-order valence-corrected chi connectivity index (χ0v) is 18.3. The summed E-state index contributed by atoms with van der Waals surface area (Å²) < 4.78 is 17.3. The lowest BCUT2D eigenvalue weighted by atomic mass is 9.98. The summed E-state index contributed by atoms with van der Waals surface area (Å²) in [4.78, 5) is 13.6. The van der Waals surface area contributed by atoms with Crippen LogP contribution in [0, 0.1) is 5.21 Å². The van der Waals surface area contributed by atoms with E-state index in [0.29, 0.717) is 33.9 Å². The van der Waals surface area contributed by atoms with Crippen LogP contribution in [0.5, 0.6) is 17.2 Å². The van der Waals surface area contributed by atoms with E-state index in [2.05, 4.69) is 0 Å². The van der Waals surface area contributed by atoms with Crippen molar-refractivity contribution in [3.63, 3.8) is 0 Å². The number of hydrogen-bond acceptors (Lipinski definition) is 7. The Morgan fingerprint density at radius 2 is 1.45 bits per heavy atom. The number of nitrogens with one attached hydrogen (secondary N) is 1. The number of fused-ring (bicyclic) bond motifs is 1. The molecule has 1 unspecified atom stereocenters. The highest BCUT2D eigenvalue weighted by Gasteiger charge is 2.20. The lowest BCUT2D eigenvalue weighted by Gasteiger charge is -2.19. The minimum Gasteiger partial charge on any atom is -0.595 e. The van der Waals surface area contributed by atoms with Crippen LogP contribution < -0.4 is 30.7 Å². The molecule has 0 saturated carbocycles. The van der Waals surface area contributed by atoms with Gasteiger partial charge in [-0.15, -0.1) is 0 Å². The molecular weight excluding hydrogens is 426 g/mol. The predicted molar refractivity (Wildman–Crippen MR) is 125 cm³/mol. The molecular formula is C24H23N3O6. The fraction of sp³-hybridized carbons (Fsp3) is 0.125. The van der Waals surface area contributed by atoms with E-state index in [4.69, 9.17) is 19.9 Å². The molecule has 0 amide bonds. The number of anilines is 1. The summed E-state index contributed by atoms with van der Waals surface area (Å²) in [5, 5.41) is 20.7. The average molecular weight is 449 g/mol. The van der Waals surface area contributed by atoms with Crippen LogP contribution in [-0.2, 0) is 0 Å². The smallest absolute Gasteiger partial charge is 0.264 e. The normalized spacial score (nSPS) is 11.9. The summed E-state index contributed by atoms with van der Waals surface area (Å²) in [6.45, 7) is 0. The number of benzene rings is 3. The molecule has 0 aliphatic rings. The number of aromatic nitrogens is 1. The van der Waals surface area contributed by atoms with Gasteiger partial charge in [0.15, 0.2) is 5.69 Å². The molecule has 0 saturated heterocycles. The van der Waals surface area contributed by atoms with Gasteiger partial charge in [-0.05, 0) is 29.1 Å². The van der Waals surface area contributed by atoms with E-state index >= 15 is 0 Å². The van der Waals surface area contributed by atoms with Gasteiger partial charge in [0.25, 0.3) is 5.56 Å². The quantitative estimate of drug-likeness (QED) is 0.387. The maximum Gasteiger partial charge on any atom is 0.264 e. The third kappa shape index (κ3) is 3.96. The number of pyridine rings is 1. The van der Waals surface area contributed by atoms with E-state index in [9.17, 15) is 15.2 Å². The molecule has 0 spiro atoms. The summed E-state index contributed by atoms with van der Waals surface area (Å²) in [5.41, 5.74) is 7.89. The Labute approximate surface area is 189 Å². The van der Waals surface area contributed by atoms with Crippen molar-refractivity contribution in [2.75, 3.05) is 27.1 Å². The number of nitrogen functional groups attached to an aromatic ring is 1. The van der Waals surface area contributed by atoms with Crippen LogP contribution in [0.25, 0.3) is 27.6 Å². The summed E-state index contributed by atoms with van der Waals surface area (Å²) in [7, 11) is 4.59. The van der Waals surface area contributed by atoms with Gasteiger partial charge in [-0.25, -0.2) is 5.21 Å². The highest BCUT2D eigenvalue weighted by molar-refractivity contribution is 6.02. The van der Waals surface area contributed by atoms with Crippen molar-refractivity contribution < 1.29 is 24.6 Å². The summed E-state index contributed by atoms with van der Waals surface area (Å²) in [6, 6.07) is 16.6. The molecule has 1 heterocycles. The second kappa shape index (κ2) is 8.83. The Morgan fingerprint density at radius 1 is 0.848 bits per heavy atom. The van der Waals surface area contributed by atoms with Crippen LogP contribution in [0.2, 0.25) is 0 Å². The zero-order valence-electron chi connectivity index (χ0n) is 18.3. The molecule has 0 fully saturated rings. The number of quaternary nitrogens is 1. The molecule has 0 aliphatic carbocycles. The molecule has 0 radical (unpaired) electrons. The third-order valence-corrected chi connectivity index (χ3v) is 5.44. The average Bonchev–Trinajstić information content (AvgIpc) is 2.84. The van der Waals surface area contributed by atoms with Crippen LogP contribution in [0.15, 0.2) is 65.5 Å². The Hall–Kier alpha value is -4.05. The Balaban J connectivity index is 2.12. The van der Waals surface area contributed by atoms with Gasteiger partial charge < -0.3 is 25.2 Å². The molecule has 9 heteroatoms. The van der Waals surface area contributed by atoms with Crippen molar-refractivity contribution in [1.82, 2.24) is 4.57 Å². The molecule has 4 aromatic rings. The first kappa shape index (κ1) is 22.2. The van der Waals surface area contributed by atoms with E-state index in [1.807, 2.05) is 12.1 Å². The maximum absolute atomic E-state index is 13.6. The van der Waals surface area contributed by atoms with Crippen LogP contribution in [0.3, 0.4) is 0 Å². The number of ether oxygens (including phenoxy) is 3. The van der Waals surface area contributed by atoms with Crippen LogP contribution in [0.1, 0.15) is 0 Å². The van der Waals surface area contributed by atoms with Crippen molar-refractivity contribution in [1.29, 1.82) is 0 Å². The first-order valence-electron chi connectivity index (χ1n) is 9.97. The fourth-order valence-corrected chi connectivity index (χ4v) is 3.79. The van der Waals surface area contributed by atoms with E-state index < -0.39 is 10.8 Å². The summed E-state index contributed by atoms with van der Waals surface area (Å²) >= 11 is 0. The van der Waals surface area contributed by atoms with Gasteiger partial charge in [-0.2, -0.15) is 5.23 Å². The minimum atomic E-state index is -1.13.